The summed E-state index contributed by atoms with van der Waals surface area (Å²) in [5, 5.41) is 40.1. The zero-order valence-corrected chi connectivity index (χ0v) is 24.1. The van der Waals surface area contributed by atoms with Crippen molar-refractivity contribution >= 4 is 12.0 Å². The molecule has 0 saturated heterocycles. The first-order chi connectivity index (χ1) is 20.2. The lowest BCUT2D eigenvalue weighted by atomic mass is 9.95. The molecular formula is C32H42N4O6. The number of carbonyl (C=O) groups excluding carboxylic acids is 1. The molecule has 0 aliphatic carbocycles. The van der Waals surface area contributed by atoms with Gasteiger partial charge in [0.1, 0.15) is 5.78 Å². The first kappa shape index (κ1) is 31.4. The second-order valence-electron chi connectivity index (χ2n) is 11.1. The zero-order valence-electron chi connectivity index (χ0n) is 24.1. The van der Waals surface area contributed by atoms with Gasteiger partial charge in [0.2, 0.25) is 0 Å². The highest BCUT2D eigenvalue weighted by Gasteiger charge is 2.25. The van der Waals surface area contributed by atoms with Crippen LogP contribution >= 0.6 is 0 Å². The number of nitrogens with zero attached hydrogens (tertiary/aromatic N) is 2. The summed E-state index contributed by atoms with van der Waals surface area (Å²) in [5.41, 5.74) is 18.1. The van der Waals surface area contributed by atoms with Crippen molar-refractivity contribution in [1.29, 1.82) is 0 Å². The number of aryl methyl sites for hydroxylation is 1. The molecule has 0 amide bonds. The Kier molecular flexibility index (Phi) is 10.9. The number of nitrogens with two attached hydrogens (primary N) is 2. The third-order valence-corrected chi connectivity index (χ3v) is 7.62. The first-order valence-corrected chi connectivity index (χ1v) is 14.4. The Morgan fingerprint density at radius 1 is 1.12 bits per heavy atom. The SMILES string of the molecule is CCC[C@H](O)C[C@@H](O)CC(=O)CCc1ccc(O)c(OCN2C=C3N=CC(Cc4cc(C(N)N)ccc4CO)=C3C2)c1. The average molecular weight is 579 g/mol. The number of aliphatic imine (C=N–C) groups is 1. The fourth-order valence-electron chi connectivity index (χ4n) is 5.27. The number of hydrogen-bond acceptors (Lipinski definition) is 10. The molecule has 10 nitrogen and oxygen atoms in total. The van der Waals surface area contributed by atoms with Gasteiger partial charge in [0, 0.05) is 37.4 Å². The molecular weight excluding hydrogens is 536 g/mol. The van der Waals surface area contributed by atoms with Crippen molar-refractivity contribution in [3.05, 3.63) is 81.7 Å². The van der Waals surface area contributed by atoms with E-state index in [1.807, 2.05) is 42.4 Å². The van der Waals surface area contributed by atoms with Crippen molar-refractivity contribution in [2.24, 2.45) is 16.5 Å². The highest BCUT2D eigenvalue weighted by Crippen LogP contribution is 2.33. The summed E-state index contributed by atoms with van der Waals surface area (Å²) in [6.45, 7) is 2.65. The Hall–Kier alpha value is -3.54. The number of carbonyl (C=O) groups is 1. The van der Waals surface area contributed by atoms with Crippen LogP contribution in [0.2, 0.25) is 0 Å². The molecule has 226 valence electrons. The molecule has 2 heterocycles. The van der Waals surface area contributed by atoms with Gasteiger partial charge >= 0.3 is 0 Å². The van der Waals surface area contributed by atoms with Crippen molar-refractivity contribution < 1.29 is 30.0 Å². The van der Waals surface area contributed by atoms with Crippen molar-refractivity contribution in [2.45, 2.75) is 76.9 Å². The van der Waals surface area contributed by atoms with Gasteiger partial charge < -0.3 is 41.5 Å². The van der Waals surface area contributed by atoms with Gasteiger partial charge in [0.05, 0.1) is 30.7 Å². The molecule has 2 aromatic carbocycles. The number of fused-ring (bicyclic) bond motifs is 1. The first-order valence-electron chi connectivity index (χ1n) is 14.4. The lowest BCUT2D eigenvalue weighted by molar-refractivity contribution is -0.121. The van der Waals surface area contributed by atoms with Crippen molar-refractivity contribution in [3.8, 4) is 11.5 Å². The van der Waals surface area contributed by atoms with E-state index in [4.69, 9.17) is 16.2 Å². The van der Waals surface area contributed by atoms with Gasteiger partial charge in [-0.25, -0.2) is 0 Å². The van der Waals surface area contributed by atoms with Crippen LogP contribution in [0.5, 0.6) is 11.5 Å². The predicted molar refractivity (Wildman–Crippen MR) is 161 cm³/mol. The Balaban J connectivity index is 1.32. The topological polar surface area (TPSA) is 175 Å². The number of phenolic OH excluding ortho intramolecular Hbond substituents is 1. The minimum absolute atomic E-state index is 0.00454. The summed E-state index contributed by atoms with van der Waals surface area (Å²) in [5.74, 6) is 0.244. The van der Waals surface area contributed by atoms with Crippen molar-refractivity contribution in [3.63, 3.8) is 0 Å². The molecule has 8 N–H and O–H groups in total. The normalized spacial score (nSPS) is 15.8. The van der Waals surface area contributed by atoms with Crippen LogP contribution in [0.1, 0.15) is 67.4 Å². The van der Waals surface area contributed by atoms with Crippen LogP contribution in [0.3, 0.4) is 0 Å². The molecule has 0 unspecified atom stereocenters. The quantitative estimate of drug-likeness (QED) is 0.164. The number of ether oxygens (including phenoxy) is 1. The number of rotatable bonds is 16. The number of benzene rings is 2. The summed E-state index contributed by atoms with van der Waals surface area (Å²) in [4.78, 5) is 18.9. The van der Waals surface area contributed by atoms with Crippen LogP contribution in [-0.2, 0) is 24.2 Å². The van der Waals surface area contributed by atoms with Gasteiger partial charge in [-0.1, -0.05) is 37.6 Å². The molecule has 0 fully saturated rings. The highest BCUT2D eigenvalue weighted by molar-refractivity contribution is 5.87. The average Bonchev–Trinajstić information content (AvgIpc) is 3.53. The van der Waals surface area contributed by atoms with Crippen LogP contribution < -0.4 is 16.2 Å². The van der Waals surface area contributed by atoms with Crippen LogP contribution in [0.15, 0.2) is 64.4 Å². The van der Waals surface area contributed by atoms with Gasteiger partial charge in [-0.2, -0.15) is 0 Å². The minimum Gasteiger partial charge on any atom is -0.504 e. The molecule has 0 bridgehead atoms. The molecule has 0 aromatic heterocycles. The number of aliphatic hydroxyl groups excluding tert-OH is 3. The molecule has 2 aromatic rings. The minimum atomic E-state index is -0.849. The summed E-state index contributed by atoms with van der Waals surface area (Å²) in [6.07, 6.45) is 4.64. The van der Waals surface area contributed by atoms with E-state index in [0.29, 0.717) is 31.6 Å². The summed E-state index contributed by atoms with van der Waals surface area (Å²) < 4.78 is 5.94. The Morgan fingerprint density at radius 3 is 2.67 bits per heavy atom. The third kappa shape index (κ3) is 8.27. The lowest BCUT2D eigenvalue weighted by Crippen LogP contribution is -2.22. The smallest absolute Gasteiger partial charge is 0.163 e. The van der Waals surface area contributed by atoms with Gasteiger partial charge in [-0.15, -0.1) is 0 Å². The van der Waals surface area contributed by atoms with Gasteiger partial charge in [-0.3, -0.25) is 9.79 Å². The predicted octanol–water partition coefficient (Wildman–Crippen LogP) is 2.72. The van der Waals surface area contributed by atoms with E-state index in [9.17, 15) is 25.2 Å². The maximum absolute atomic E-state index is 12.4. The number of allylic oxidation sites excluding steroid dienone is 1. The summed E-state index contributed by atoms with van der Waals surface area (Å²) >= 11 is 0. The third-order valence-electron chi connectivity index (χ3n) is 7.62. The van der Waals surface area contributed by atoms with E-state index < -0.39 is 18.4 Å². The van der Waals surface area contributed by atoms with Crippen LogP contribution in [0.25, 0.3) is 0 Å². The van der Waals surface area contributed by atoms with Crippen LogP contribution in [-0.4, -0.2) is 62.8 Å². The number of hydrogen-bond donors (Lipinski definition) is 6. The molecule has 42 heavy (non-hydrogen) atoms. The number of ketones is 1. The molecule has 2 aliphatic heterocycles. The largest absolute Gasteiger partial charge is 0.504 e. The van der Waals surface area contributed by atoms with Gasteiger partial charge in [0.25, 0.3) is 0 Å². The summed E-state index contributed by atoms with van der Waals surface area (Å²) in [6, 6.07) is 10.6. The number of Topliss-reactive ketones (excluding diaryl/α,β-unsaturated/α-hetero) is 1. The zero-order chi connectivity index (χ0) is 30.2. The Bertz CT molecular complexity index is 1350. The highest BCUT2D eigenvalue weighted by atomic mass is 16.5. The maximum atomic E-state index is 12.4. The van der Waals surface area contributed by atoms with Crippen LogP contribution in [0.4, 0.5) is 0 Å². The molecule has 0 radical (unpaired) electrons. The van der Waals surface area contributed by atoms with E-state index >= 15 is 0 Å². The summed E-state index contributed by atoms with van der Waals surface area (Å²) in [7, 11) is 0. The Morgan fingerprint density at radius 2 is 1.93 bits per heavy atom. The van der Waals surface area contributed by atoms with E-state index in [1.54, 1.807) is 18.2 Å². The fourth-order valence-corrected chi connectivity index (χ4v) is 5.27. The molecule has 0 saturated carbocycles. The van der Waals surface area contributed by atoms with E-state index in [-0.39, 0.29) is 44.1 Å². The maximum Gasteiger partial charge on any atom is 0.163 e. The van der Waals surface area contributed by atoms with E-state index in [1.165, 1.54) is 0 Å². The van der Waals surface area contributed by atoms with Crippen LogP contribution in [0, 0.1) is 0 Å². The second-order valence-corrected chi connectivity index (χ2v) is 11.1. The van der Waals surface area contributed by atoms with E-state index in [2.05, 4.69) is 4.99 Å². The number of aromatic hydroxyl groups is 1. The Labute approximate surface area is 246 Å². The second kappa shape index (κ2) is 14.6. The molecule has 0 spiro atoms. The number of phenols is 1. The van der Waals surface area contributed by atoms with Crippen molar-refractivity contribution in [1.82, 2.24) is 4.90 Å². The fraction of sp³-hybridized carbons (Fsp3) is 0.438. The van der Waals surface area contributed by atoms with Gasteiger partial charge in [-0.05, 0) is 65.6 Å². The van der Waals surface area contributed by atoms with Crippen molar-refractivity contribution in [2.75, 3.05) is 13.3 Å². The number of aliphatic hydroxyl groups is 3. The molecule has 2 aliphatic rings. The van der Waals surface area contributed by atoms with E-state index in [0.717, 1.165) is 45.5 Å². The monoisotopic (exact) mass is 578 g/mol. The standard InChI is InChI=1S/C32H42N4O6/c1-2-3-25(38)13-27(40)14-26(39)8-4-20-5-9-30(41)31(10-20)42-19-36-16-28-24(15-35-29(28)17-36)12-23-11-21(32(33)34)6-7-22(23)18-37/h5-7,9-11,15,17,25,27,32,37-38,40-41H,2-4,8,12-14,16,18-19,33-34H2,1H3/t25-,27+/m0/s1. The molecule has 10 heteroatoms. The molecule has 2 atom stereocenters. The molecule has 4 rings (SSSR count). The van der Waals surface area contributed by atoms with Gasteiger partial charge in [0.15, 0.2) is 18.2 Å². The lowest BCUT2D eigenvalue weighted by Gasteiger charge is -2.18.